The number of nitrogens with two attached hydrogens (primary N) is 1. The molecule has 5 N–H and O–H groups in total. The Kier molecular flexibility index (Phi) is 8.63. The first kappa shape index (κ1) is 17.1. The lowest BCUT2D eigenvalue weighted by Gasteiger charge is -2.17. The Hall–Kier alpha value is -0.900. The summed E-state index contributed by atoms with van der Waals surface area (Å²) in [6, 6.07) is -1.88. The molecule has 2 atom stereocenters. The van der Waals surface area contributed by atoms with Gasteiger partial charge in [-0.25, -0.2) is 4.79 Å². The molecule has 8 heteroatoms. The van der Waals surface area contributed by atoms with E-state index in [0.717, 1.165) is 0 Å². The third kappa shape index (κ3) is 6.74. The highest BCUT2D eigenvalue weighted by Gasteiger charge is 2.22. The molecule has 0 spiro atoms. The van der Waals surface area contributed by atoms with Gasteiger partial charge in [0.05, 0.1) is 4.43 Å². The molecule has 0 aliphatic carbocycles. The number of carboxylic acids is 1. The molecule has 7 nitrogen and oxygen atoms in total. The molecular weight excluding hydrogens is 353 g/mol. The van der Waals surface area contributed by atoms with Crippen LogP contribution in [-0.4, -0.2) is 45.9 Å². The lowest BCUT2D eigenvalue weighted by Crippen LogP contribution is -2.52. The highest BCUT2D eigenvalue weighted by atomic mass is 127. The molecule has 0 aliphatic rings. The van der Waals surface area contributed by atoms with Gasteiger partial charge in [-0.2, -0.15) is 0 Å². The van der Waals surface area contributed by atoms with E-state index in [2.05, 4.69) is 10.6 Å². The van der Waals surface area contributed by atoms with Gasteiger partial charge in [0.1, 0.15) is 12.1 Å². The van der Waals surface area contributed by atoms with Gasteiger partial charge in [-0.1, -0.05) is 35.9 Å². The number of amides is 2. The molecule has 0 unspecified atom stereocenters. The maximum Gasteiger partial charge on any atom is 0.326 e. The van der Waals surface area contributed by atoms with Gasteiger partial charge in [0, 0.05) is 6.54 Å². The Balaban J connectivity index is 4.20. The van der Waals surface area contributed by atoms with Crippen LogP contribution in [0.1, 0.15) is 19.8 Å². The Morgan fingerprint density at radius 2 is 2.00 bits per heavy atom. The summed E-state index contributed by atoms with van der Waals surface area (Å²) in [6.45, 7) is 1.81. The van der Waals surface area contributed by atoms with Crippen molar-refractivity contribution < 1.29 is 19.5 Å². The summed E-state index contributed by atoms with van der Waals surface area (Å²) in [5, 5.41) is 13.7. The third-order valence-electron chi connectivity index (χ3n) is 2.17. The molecule has 0 bridgehead atoms. The van der Waals surface area contributed by atoms with Crippen LogP contribution in [0.15, 0.2) is 0 Å². The van der Waals surface area contributed by atoms with Crippen LogP contribution in [0, 0.1) is 0 Å². The summed E-state index contributed by atoms with van der Waals surface area (Å²) in [5.41, 5.74) is 5.54. The van der Waals surface area contributed by atoms with Crippen LogP contribution in [-0.2, 0) is 14.4 Å². The maximum absolute atomic E-state index is 11.6. The van der Waals surface area contributed by atoms with Gasteiger partial charge in [0.2, 0.25) is 11.8 Å². The van der Waals surface area contributed by atoms with E-state index in [9.17, 15) is 14.4 Å². The highest BCUT2D eigenvalue weighted by molar-refractivity contribution is 14.1. The summed E-state index contributed by atoms with van der Waals surface area (Å²) in [6.07, 6.45) is 0.978. The number of hydrogen-bond acceptors (Lipinski definition) is 4. The van der Waals surface area contributed by atoms with E-state index >= 15 is 0 Å². The Morgan fingerprint density at radius 1 is 1.39 bits per heavy atom. The smallest absolute Gasteiger partial charge is 0.326 e. The molecule has 0 fully saturated rings. The summed E-state index contributed by atoms with van der Waals surface area (Å²) >= 11 is 1.89. The van der Waals surface area contributed by atoms with Gasteiger partial charge in [-0.15, -0.1) is 0 Å². The SMILES string of the molecule is CCC[C@H](NC(=O)[C@@H](N)CNC(=O)CI)C(=O)O. The number of carbonyl (C=O) groups excluding carboxylic acids is 2. The van der Waals surface area contributed by atoms with Crippen LogP contribution >= 0.6 is 22.6 Å². The average Bonchev–Trinajstić information content (AvgIpc) is 2.34. The van der Waals surface area contributed by atoms with E-state index in [1.54, 1.807) is 0 Å². The maximum atomic E-state index is 11.6. The number of alkyl halides is 1. The fraction of sp³-hybridized carbons (Fsp3) is 0.700. The van der Waals surface area contributed by atoms with Crippen molar-refractivity contribution in [2.45, 2.75) is 31.8 Å². The fourth-order valence-electron chi connectivity index (χ4n) is 1.19. The molecule has 0 saturated heterocycles. The predicted octanol–water partition coefficient (Wildman–Crippen LogP) is -0.766. The molecule has 0 aromatic carbocycles. The zero-order chi connectivity index (χ0) is 14.1. The van der Waals surface area contributed by atoms with Crippen molar-refractivity contribution in [3.8, 4) is 0 Å². The molecule has 18 heavy (non-hydrogen) atoms. The summed E-state index contributed by atoms with van der Waals surface area (Å²) in [7, 11) is 0. The second-order valence-electron chi connectivity index (χ2n) is 3.73. The number of aliphatic carboxylic acids is 1. The molecule has 104 valence electrons. The Morgan fingerprint density at radius 3 is 2.44 bits per heavy atom. The van der Waals surface area contributed by atoms with Gasteiger partial charge < -0.3 is 21.5 Å². The van der Waals surface area contributed by atoms with Crippen LogP contribution in [0.2, 0.25) is 0 Å². The molecule has 0 aliphatic heterocycles. The van der Waals surface area contributed by atoms with E-state index in [1.165, 1.54) is 0 Å². The van der Waals surface area contributed by atoms with Gasteiger partial charge in [0.25, 0.3) is 0 Å². The monoisotopic (exact) mass is 371 g/mol. The van der Waals surface area contributed by atoms with Crippen LogP contribution in [0.3, 0.4) is 0 Å². The van der Waals surface area contributed by atoms with Crippen LogP contribution in [0.25, 0.3) is 0 Å². The molecule has 0 aromatic heterocycles. The van der Waals surface area contributed by atoms with Crippen molar-refractivity contribution in [2.24, 2.45) is 5.73 Å². The largest absolute Gasteiger partial charge is 0.480 e. The van der Waals surface area contributed by atoms with Gasteiger partial charge in [-0.3, -0.25) is 9.59 Å². The first-order chi connectivity index (χ1) is 8.42. The van der Waals surface area contributed by atoms with E-state index in [1.807, 2.05) is 29.5 Å². The van der Waals surface area contributed by atoms with Crippen LogP contribution < -0.4 is 16.4 Å². The number of hydrogen-bond donors (Lipinski definition) is 4. The predicted molar refractivity (Wildman–Crippen MR) is 74.3 cm³/mol. The normalized spacial score (nSPS) is 13.5. The minimum Gasteiger partial charge on any atom is -0.480 e. The minimum atomic E-state index is -1.09. The van der Waals surface area contributed by atoms with Gasteiger partial charge in [0.15, 0.2) is 0 Å². The van der Waals surface area contributed by atoms with Crippen molar-refractivity contribution >= 4 is 40.4 Å². The van der Waals surface area contributed by atoms with E-state index in [0.29, 0.717) is 12.8 Å². The molecule has 0 aromatic rings. The third-order valence-corrected chi connectivity index (χ3v) is 2.86. The van der Waals surface area contributed by atoms with Crippen molar-refractivity contribution in [3.63, 3.8) is 0 Å². The second kappa shape index (κ2) is 9.09. The first-order valence-electron chi connectivity index (χ1n) is 5.53. The quantitative estimate of drug-likeness (QED) is 0.330. The average molecular weight is 371 g/mol. The first-order valence-corrected chi connectivity index (χ1v) is 7.06. The minimum absolute atomic E-state index is 0.00781. The lowest BCUT2D eigenvalue weighted by molar-refractivity contribution is -0.142. The number of rotatable bonds is 8. The molecule has 0 rings (SSSR count). The number of nitrogens with one attached hydrogen (secondary N) is 2. The number of halogens is 1. The summed E-state index contributed by atoms with van der Waals surface area (Å²) in [5.74, 6) is -1.89. The van der Waals surface area contributed by atoms with Crippen molar-refractivity contribution in [1.29, 1.82) is 0 Å². The zero-order valence-corrected chi connectivity index (χ0v) is 12.3. The Bertz CT molecular complexity index is 311. The molecule has 0 heterocycles. The second-order valence-corrected chi connectivity index (χ2v) is 4.50. The molecule has 2 amide bonds. The molecule has 0 radical (unpaired) electrons. The summed E-state index contributed by atoms with van der Waals surface area (Å²) in [4.78, 5) is 33.4. The zero-order valence-electron chi connectivity index (χ0n) is 10.1. The van der Waals surface area contributed by atoms with Crippen LogP contribution in [0.5, 0.6) is 0 Å². The van der Waals surface area contributed by atoms with E-state index in [4.69, 9.17) is 10.8 Å². The van der Waals surface area contributed by atoms with E-state index < -0.39 is 24.0 Å². The van der Waals surface area contributed by atoms with Crippen molar-refractivity contribution in [3.05, 3.63) is 0 Å². The number of carbonyl (C=O) groups is 3. The van der Waals surface area contributed by atoms with Gasteiger partial charge in [-0.05, 0) is 6.42 Å². The molecular formula is C10H18IN3O4. The molecule has 0 saturated carbocycles. The van der Waals surface area contributed by atoms with Gasteiger partial charge >= 0.3 is 5.97 Å². The van der Waals surface area contributed by atoms with Crippen LogP contribution in [0.4, 0.5) is 0 Å². The number of carboxylic acid groups (broad SMARTS) is 1. The fourth-order valence-corrected chi connectivity index (χ4v) is 1.46. The highest BCUT2D eigenvalue weighted by Crippen LogP contribution is 1.97. The lowest BCUT2D eigenvalue weighted by atomic mass is 10.1. The van der Waals surface area contributed by atoms with Crippen molar-refractivity contribution in [2.75, 3.05) is 11.0 Å². The van der Waals surface area contributed by atoms with E-state index in [-0.39, 0.29) is 16.9 Å². The standard InChI is InChI=1S/C10H18IN3O4/c1-2-3-7(10(17)18)14-9(16)6(12)5-13-8(15)4-11/h6-7H,2-5,12H2,1H3,(H,13,15)(H,14,16)(H,17,18)/t6-,7-/m0/s1. The van der Waals surface area contributed by atoms with Crippen molar-refractivity contribution in [1.82, 2.24) is 10.6 Å². The Labute approximate surface area is 119 Å². The topological polar surface area (TPSA) is 122 Å². The summed E-state index contributed by atoms with van der Waals surface area (Å²) < 4.78 is 0.277.